The molecule has 0 aromatic rings. The molecule has 3 saturated carbocycles. The second-order valence-corrected chi connectivity index (χ2v) is 18.5. The Balaban J connectivity index is 1.26. The first-order chi connectivity index (χ1) is 25.1. The fourth-order valence-electron chi connectivity index (χ4n) is 12.3. The number of rotatable bonds is 12. The molecule has 2 heterocycles. The lowest BCUT2D eigenvalue weighted by atomic mass is 9.46. The topological polar surface area (TPSA) is 199 Å². The predicted molar refractivity (Wildman–Crippen MR) is 195 cm³/mol. The monoisotopic (exact) mass is 754 g/mol. The van der Waals surface area contributed by atoms with Gasteiger partial charge in [0, 0.05) is 11.8 Å². The molecular weight excluding hydrogens is 684 g/mol. The summed E-state index contributed by atoms with van der Waals surface area (Å²) >= 11 is 0. The number of allylic oxidation sites excluding steroid dienone is 1. The summed E-state index contributed by atoms with van der Waals surface area (Å²) in [6.07, 6.45) is -2.87. The van der Waals surface area contributed by atoms with Crippen LogP contribution < -0.4 is 0 Å². The van der Waals surface area contributed by atoms with E-state index in [1.54, 1.807) is 0 Å². The fraction of sp³-hybridized carbons (Fsp3) is 0.951. The van der Waals surface area contributed by atoms with Crippen LogP contribution in [-0.4, -0.2) is 128 Å². The first-order valence-electron chi connectivity index (χ1n) is 20.7. The van der Waals surface area contributed by atoms with Crippen LogP contribution in [0.3, 0.4) is 0 Å². The zero-order valence-electron chi connectivity index (χ0n) is 32.7. The molecule has 0 amide bonds. The van der Waals surface area contributed by atoms with Gasteiger partial charge in [-0.1, -0.05) is 66.0 Å². The molecule has 6 aliphatic rings. The van der Waals surface area contributed by atoms with Gasteiger partial charge in [-0.3, -0.25) is 0 Å². The lowest BCUT2D eigenvalue weighted by Crippen LogP contribution is -2.63. The van der Waals surface area contributed by atoms with E-state index in [2.05, 4.69) is 47.6 Å². The molecule has 4 aliphatic carbocycles. The molecule has 0 aromatic carbocycles. The number of fused-ring (bicyclic) bond motifs is 5. The maximum atomic E-state index is 11.1. The van der Waals surface area contributed by atoms with Gasteiger partial charge in [-0.25, -0.2) is 0 Å². The van der Waals surface area contributed by atoms with Gasteiger partial charge in [-0.05, 0) is 91.8 Å². The van der Waals surface area contributed by atoms with Crippen LogP contribution in [0.2, 0.25) is 0 Å². The Morgan fingerprint density at radius 3 is 1.94 bits per heavy atom. The van der Waals surface area contributed by atoms with E-state index in [1.807, 2.05) is 0 Å². The molecule has 2 aliphatic heterocycles. The molecule has 12 nitrogen and oxygen atoms in total. The molecular formula is C41H70O12. The Morgan fingerprint density at radius 1 is 0.774 bits per heavy atom. The zero-order valence-corrected chi connectivity index (χ0v) is 32.7. The summed E-state index contributed by atoms with van der Waals surface area (Å²) in [5, 5.41) is 83.6. The normalized spacial score (nSPS) is 49.8. The first-order valence-corrected chi connectivity index (χ1v) is 20.7. The Bertz CT molecular complexity index is 1250. The van der Waals surface area contributed by atoms with E-state index in [-0.39, 0.29) is 11.3 Å². The SMILES string of the molecule is CCC(CCC(C)C1CCC2C3CC=C4CC(OC5OC(CO)C(O)C(O)C5O)CC(OC5OC(CO)C(O)C(O)C5O)C4(C)C3CCC12C)C(C)C. The molecule has 53 heavy (non-hydrogen) atoms. The second-order valence-electron chi connectivity index (χ2n) is 18.5. The third kappa shape index (κ3) is 7.56. The Kier molecular flexibility index (Phi) is 13.1. The minimum atomic E-state index is -1.58. The van der Waals surface area contributed by atoms with E-state index in [4.69, 9.17) is 18.9 Å². The maximum absolute atomic E-state index is 11.1. The highest BCUT2D eigenvalue weighted by Crippen LogP contribution is 2.68. The lowest BCUT2D eigenvalue weighted by molar-refractivity contribution is -0.334. The molecule has 20 unspecified atom stereocenters. The van der Waals surface area contributed by atoms with Gasteiger partial charge in [0.25, 0.3) is 0 Å². The second kappa shape index (κ2) is 16.6. The summed E-state index contributed by atoms with van der Waals surface area (Å²) in [6.45, 7) is 13.2. The Labute approximate surface area is 315 Å². The number of hydrogen-bond acceptors (Lipinski definition) is 12. The highest BCUT2D eigenvalue weighted by molar-refractivity contribution is 5.28. The van der Waals surface area contributed by atoms with Gasteiger partial charge in [-0.15, -0.1) is 0 Å². The van der Waals surface area contributed by atoms with Crippen molar-refractivity contribution in [2.24, 2.45) is 52.3 Å². The van der Waals surface area contributed by atoms with Gasteiger partial charge in [0.15, 0.2) is 12.6 Å². The molecule has 12 heteroatoms. The lowest BCUT2D eigenvalue weighted by Gasteiger charge is -2.61. The van der Waals surface area contributed by atoms with E-state index in [1.165, 1.54) is 32.1 Å². The van der Waals surface area contributed by atoms with Crippen molar-refractivity contribution in [3.8, 4) is 0 Å². The molecule has 0 spiro atoms. The molecule has 0 bridgehead atoms. The molecule has 0 aromatic heterocycles. The van der Waals surface area contributed by atoms with Gasteiger partial charge >= 0.3 is 0 Å². The fourth-order valence-corrected chi connectivity index (χ4v) is 12.3. The summed E-state index contributed by atoms with van der Waals surface area (Å²) < 4.78 is 24.7. The van der Waals surface area contributed by atoms with Crippen LogP contribution in [-0.2, 0) is 18.9 Å². The summed E-state index contributed by atoms with van der Waals surface area (Å²) in [4.78, 5) is 0. The molecule has 8 N–H and O–H groups in total. The Morgan fingerprint density at radius 2 is 1.38 bits per heavy atom. The number of aliphatic hydroxyl groups excluding tert-OH is 8. The standard InChI is InChI=1S/C41H70O12/c1-7-22(20(2)3)9-8-21(4)26-12-13-27-25-11-10-23-16-24(50-38-36(48)34(46)32(44)29(18-42)51-38)17-31(41(23,6)28(25)14-15-40(26,27)5)53-39-37(49)35(47)33(45)30(19-43)52-39/h10,20-22,24-39,42-49H,7-9,11-19H2,1-6H3. The van der Waals surface area contributed by atoms with E-state index in [0.717, 1.165) is 30.8 Å². The molecule has 6 rings (SSSR count). The molecule has 5 fully saturated rings. The van der Waals surface area contributed by atoms with Crippen LogP contribution in [0.25, 0.3) is 0 Å². The van der Waals surface area contributed by atoms with Crippen molar-refractivity contribution in [3.05, 3.63) is 11.6 Å². The van der Waals surface area contributed by atoms with Crippen molar-refractivity contribution < 1.29 is 59.8 Å². The molecule has 306 valence electrons. The third-order valence-electron chi connectivity index (χ3n) is 15.7. The number of aliphatic hydroxyl groups is 8. The average Bonchev–Trinajstić information content (AvgIpc) is 3.49. The maximum Gasteiger partial charge on any atom is 0.187 e. The van der Waals surface area contributed by atoms with Crippen LogP contribution in [0, 0.1) is 52.3 Å². The third-order valence-corrected chi connectivity index (χ3v) is 15.7. The van der Waals surface area contributed by atoms with Crippen LogP contribution in [0.15, 0.2) is 11.6 Å². The van der Waals surface area contributed by atoms with Gasteiger partial charge in [0.2, 0.25) is 0 Å². The molecule has 2 saturated heterocycles. The summed E-state index contributed by atoms with van der Waals surface area (Å²) in [6, 6.07) is 0. The van der Waals surface area contributed by atoms with E-state index in [0.29, 0.717) is 42.4 Å². The van der Waals surface area contributed by atoms with Crippen molar-refractivity contribution >= 4 is 0 Å². The van der Waals surface area contributed by atoms with Crippen molar-refractivity contribution in [1.29, 1.82) is 0 Å². The van der Waals surface area contributed by atoms with Gasteiger partial charge < -0.3 is 59.8 Å². The minimum absolute atomic E-state index is 0.249. The van der Waals surface area contributed by atoms with E-state index < -0.39 is 92.2 Å². The summed E-state index contributed by atoms with van der Waals surface area (Å²) in [7, 11) is 0. The first kappa shape index (κ1) is 41.9. The predicted octanol–water partition coefficient (Wildman–Crippen LogP) is 2.64. The van der Waals surface area contributed by atoms with Gasteiger partial charge in [0.1, 0.15) is 48.8 Å². The van der Waals surface area contributed by atoms with Crippen molar-refractivity contribution in [3.63, 3.8) is 0 Å². The van der Waals surface area contributed by atoms with E-state index >= 15 is 0 Å². The van der Waals surface area contributed by atoms with Crippen molar-refractivity contribution in [1.82, 2.24) is 0 Å². The quantitative estimate of drug-likeness (QED) is 0.136. The van der Waals surface area contributed by atoms with Crippen molar-refractivity contribution in [2.45, 2.75) is 179 Å². The average molecular weight is 755 g/mol. The highest BCUT2D eigenvalue weighted by atomic mass is 16.7. The van der Waals surface area contributed by atoms with E-state index in [9.17, 15) is 40.9 Å². The van der Waals surface area contributed by atoms with Crippen LogP contribution in [0.4, 0.5) is 0 Å². The Hall–Kier alpha value is -0.740. The smallest absolute Gasteiger partial charge is 0.187 e. The van der Waals surface area contributed by atoms with Crippen LogP contribution in [0.5, 0.6) is 0 Å². The molecule has 20 atom stereocenters. The van der Waals surface area contributed by atoms with Gasteiger partial charge in [-0.2, -0.15) is 0 Å². The highest BCUT2D eigenvalue weighted by Gasteiger charge is 2.62. The largest absolute Gasteiger partial charge is 0.394 e. The number of ether oxygens (including phenoxy) is 4. The number of hydrogen-bond donors (Lipinski definition) is 8. The minimum Gasteiger partial charge on any atom is -0.394 e. The van der Waals surface area contributed by atoms with Crippen LogP contribution in [0.1, 0.15) is 106 Å². The molecule has 0 radical (unpaired) electrons. The van der Waals surface area contributed by atoms with Gasteiger partial charge in [0.05, 0.1) is 25.4 Å². The zero-order chi connectivity index (χ0) is 38.6. The van der Waals surface area contributed by atoms with Crippen LogP contribution >= 0.6 is 0 Å². The summed E-state index contributed by atoms with van der Waals surface area (Å²) in [5.41, 5.74) is 0.895. The summed E-state index contributed by atoms with van der Waals surface area (Å²) in [5.74, 6) is 4.07. The van der Waals surface area contributed by atoms with Crippen molar-refractivity contribution in [2.75, 3.05) is 13.2 Å².